The van der Waals surface area contributed by atoms with E-state index in [1.54, 1.807) is 12.1 Å². The maximum absolute atomic E-state index is 13.4. The molecule has 0 heterocycles. The van der Waals surface area contributed by atoms with Crippen LogP contribution in [-0.2, 0) is 4.79 Å². The number of carbonyl (C=O) groups excluding carboxylic acids is 1. The number of halogens is 2. The van der Waals surface area contributed by atoms with Gasteiger partial charge in [0.15, 0.2) is 0 Å². The number of carbonyl (C=O) groups is 1. The Kier molecular flexibility index (Phi) is 6.07. The molecule has 88 valence electrons. The maximum Gasteiger partial charge on any atom is 0.234 e. The van der Waals surface area contributed by atoms with Crippen molar-refractivity contribution in [3.63, 3.8) is 0 Å². The number of hydrogen-bond acceptors (Lipinski definition) is 3. The molecular formula is C10H12FIN2OS. The molecule has 1 rings (SSSR count). The molecule has 0 fully saturated rings. The van der Waals surface area contributed by atoms with E-state index < -0.39 is 5.82 Å². The van der Waals surface area contributed by atoms with Gasteiger partial charge in [-0.25, -0.2) is 4.39 Å². The molecule has 0 aromatic heterocycles. The number of benzene rings is 1. The van der Waals surface area contributed by atoms with Crippen molar-refractivity contribution in [1.82, 2.24) is 0 Å². The zero-order chi connectivity index (χ0) is 12.0. The van der Waals surface area contributed by atoms with Gasteiger partial charge < -0.3 is 11.1 Å². The van der Waals surface area contributed by atoms with Gasteiger partial charge in [-0.2, -0.15) is 11.8 Å². The maximum atomic E-state index is 13.4. The zero-order valence-corrected chi connectivity index (χ0v) is 11.5. The van der Waals surface area contributed by atoms with E-state index in [4.69, 9.17) is 5.73 Å². The molecule has 1 aromatic carbocycles. The molecule has 0 saturated carbocycles. The first-order valence-corrected chi connectivity index (χ1v) is 6.89. The summed E-state index contributed by atoms with van der Waals surface area (Å²) in [5, 5.41) is 2.52. The summed E-state index contributed by atoms with van der Waals surface area (Å²) < 4.78 is 14.1. The van der Waals surface area contributed by atoms with Crippen LogP contribution in [0.2, 0.25) is 0 Å². The third-order valence-electron chi connectivity index (χ3n) is 1.70. The second-order valence-corrected chi connectivity index (χ2v) is 5.36. The molecule has 16 heavy (non-hydrogen) atoms. The van der Waals surface area contributed by atoms with Crippen molar-refractivity contribution >= 4 is 45.9 Å². The van der Waals surface area contributed by atoms with Crippen molar-refractivity contribution < 1.29 is 9.18 Å². The van der Waals surface area contributed by atoms with Crippen LogP contribution in [0.15, 0.2) is 18.2 Å². The summed E-state index contributed by atoms with van der Waals surface area (Å²) in [5.74, 6) is 0.397. The van der Waals surface area contributed by atoms with E-state index in [0.29, 0.717) is 12.3 Å². The summed E-state index contributed by atoms with van der Waals surface area (Å²) in [4.78, 5) is 11.4. The molecule has 0 spiro atoms. The molecule has 1 aromatic rings. The fourth-order valence-electron chi connectivity index (χ4n) is 1.03. The first-order chi connectivity index (χ1) is 7.63. The Hall–Kier alpha value is -0.340. The highest BCUT2D eigenvalue weighted by Crippen LogP contribution is 2.17. The Balaban J connectivity index is 2.49. The minimum Gasteiger partial charge on any atom is -0.330 e. The number of rotatable bonds is 5. The molecule has 0 unspecified atom stereocenters. The van der Waals surface area contributed by atoms with Crippen LogP contribution in [0.3, 0.4) is 0 Å². The van der Waals surface area contributed by atoms with E-state index in [0.717, 1.165) is 9.32 Å². The Morgan fingerprint density at radius 2 is 2.31 bits per heavy atom. The van der Waals surface area contributed by atoms with Crippen LogP contribution >= 0.6 is 34.4 Å². The molecule has 0 aliphatic heterocycles. The van der Waals surface area contributed by atoms with Crippen molar-refractivity contribution in [3.05, 3.63) is 27.6 Å². The minimum absolute atomic E-state index is 0.210. The first kappa shape index (κ1) is 13.7. The lowest BCUT2D eigenvalue weighted by Crippen LogP contribution is -2.16. The van der Waals surface area contributed by atoms with Crippen LogP contribution in [-0.4, -0.2) is 24.0 Å². The monoisotopic (exact) mass is 354 g/mol. The fourth-order valence-corrected chi connectivity index (χ4v) is 2.05. The summed E-state index contributed by atoms with van der Waals surface area (Å²) in [7, 11) is 0. The van der Waals surface area contributed by atoms with Gasteiger partial charge >= 0.3 is 0 Å². The second kappa shape index (κ2) is 7.08. The quantitative estimate of drug-likeness (QED) is 0.629. The number of thioether (sulfide) groups is 1. The van der Waals surface area contributed by atoms with E-state index >= 15 is 0 Å². The second-order valence-electron chi connectivity index (χ2n) is 3.01. The van der Waals surface area contributed by atoms with Crippen LogP contribution in [0, 0.1) is 9.39 Å². The fraction of sp³-hybridized carbons (Fsp3) is 0.300. The molecule has 1 amide bonds. The van der Waals surface area contributed by atoms with E-state index in [9.17, 15) is 9.18 Å². The van der Waals surface area contributed by atoms with E-state index in [1.807, 2.05) is 22.6 Å². The van der Waals surface area contributed by atoms with Gasteiger partial charge in [0.25, 0.3) is 0 Å². The van der Waals surface area contributed by atoms with Crippen LogP contribution in [0.5, 0.6) is 0 Å². The van der Waals surface area contributed by atoms with Crippen molar-refractivity contribution in [2.24, 2.45) is 5.73 Å². The number of nitrogens with one attached hydrogen (secondary N) is 1. The Bertz CT molecular complexity index is 376. The number of amides is 1. The number of anilines is 1. The highest BCUT2D eigenvalue weighted by atomic mass is 127. The molecule has 0 bridgehead atoms. The average molecular weight is 354 g/mol. The molecule has 0 aliphatic carbocycles. The molecule has 0 saturated heterocycles. The third kappa shape index (κ3) is 4.67. The van der Waals surface area contributed by atoms with Crippen molar-refractivity contribution in [2.75, 3.05) is 23.4 Å². The van der Waals surface area contributed by atoms with Gasteiger partial charge in [-0.1, -0.05) is 0 Å². The molecule has 3 N–H and O–H groups in total. The van der Waals surface area contributed by atoms with Crippen LogP contribution < -0.4 is 11.1 Å². The van der Waals surface area contributed by atoms with Crippen molar-refractivity contribution in [1.29, 1.82) is 0 Å². The lowest BCUT2D eigenvalue weighted by Gasteiger charge is -2.06. The van der Waals surface area contributed by atoms with Gasteiger partial charge in [-0.3, -0.25) is 4.79 Å². The first-order valence-electron chi connectivity index (χ1n) is 4.66. The van der Waals surface area contributed by atoms with Crippen LogP contribution in [0.25, 0.3) is 0 Å². The summed E-state index contributed by atoms with van der Waals surface area (Å²) in [6, 6.07) is 4.68. The predicted octanol–water partition coefficient (Wildman–Crippen LogP) is 2.06. The Labute approximate surface area is 111 Å². The van der Waals surface area contributed by atoms with E-state index in [1.165, 1.54) is 17.8 Å². The van der Waals surface area contributed by atoms with E-state index in [-0.39, 0.29) is 11.6 Å². The van der Waals surface area contributed by atoms with Gasteiger partial charge in [-0.05, 0) is 40.8 Å². The molecule has 0 radical (unpaired) electrons. The molecule has 0 atom stereocenters. The lowest BCUT2D eigenvalue weighted by atomic mass is 10.3. The van der Waals surface area contributed by atoms with E-state index in [2.05, 4.69) is 5.32 Å². The number of nitrogens with two attached hydrogens (primary N) is 1. The summed E-state index contributed by atoms with van der Waals surface area (Å²) in [5.41, 5.74) is 5.52. The highest BCUT2D eigenvalue weighted by molar-refractivity contribution is 14.1. The van der Waals surface area contributed by atoms with Gasteiger partial charge in [0, 0.05) is 15.9 Å². The van der Waals surface area contributed by atoms with Crippen molar-refractivity contribution in [3.8, 4) is 0 Å². The Morgan fingerprint density at radius 1 is 1.56 bits per heavy atom. The largest absolute Gasteiger partial charge is 0.330 e. The predicted molar refractivity (Wildman–Crippen MR) is 74.1 cm³/mol. The summed E-state index contributed by atoms with van der Waals surface area (Å²) in [6.07, 6.45) is 0. The summed E-state index contributed by atoms with van der Waals surface area (Å²) in [6.45, 7) is 0.538. The minimum atomic E-state index is -0.413. The highest BCUT2D eigenvalue weighted by Gasteiger charge is 2.06. The topological polar surface area (TPSA) is 55.1 Å². The molecule has 6 heteroatoms. The van der Waals surface area contributed by atoms with Crippen LogP contribution in [0.4, 0.5) is 10.1 Å². The lowest BCUT2D eigenvalue weighted by molar-refractivity contribution is -0.113. The van der Waals surface area contributed by atoms with Gasteiger partial charge in [0.05, 0.1) is 11.4 Å². The normalized spacial score (nSPS) is 10.2. The smallest absolute Gasteiger partial charge is 0.234 e. The molecule has 3 nitrogen and oxygen atoms in total. The standard InChI is InChI=1S/C10H12FIN2OS/c11-8-5-7(12)1-2-9(8)14-10(15)6-16-4-3-13/h1-2,5H,3-4,6,13H2,(H,14,15). The Morgan fingerprint density at radius 3 is 2.94 bits per heavy atom. The molecule has 0 aliphatic rings. The van der Waals surface area contributed by atoms with Gasteiger partial charge in [0.2, 0.25) is 5.91 Å². The van der Waals surface area contributed by atoms with Crippen LogP contribution in [0.1, 0.15) is 0 Å². The third-order valence-corrected chi connectivity index (χ3v) is 3.36. The van der Waals surface area contributed by atoms with Gasteiger partial charge in [-0.15, -0.1) is 0 Å². The average Bonchev–Trinajstić information content (AvgIpc) is 2.23. The zero-order valence-electron chi connectivity index (χ0n) is 8.50. The molecular weight excluding hydrogens is 342 g/mol. The number of hydrogen-bond donors (Lipinski definition) is 2. The van der Waals surface area contributed by atoms with Crippen molar-refractivity contribution in [2.45, 2.75) is 0 Å². The van der Waals surface area contributed by atoms with Gasteiger partial charge in [0.1, 0.15) is 5.82 Å². The summed E-state index contributed by atoms with van der Waals surface area (Å²) >= 11 is 3.44. The SMILES string of the molecule is NCCSCC(=O)Nc1ccc(I)cc1F.